The summed E-state index contributed by atoms with van der Waals surface area (Å²) in [5.74, 6) is -0.0162. The van der Waals surface area contributed by atoms with Gasteiger partial charge in [-0.1, -0.05) is 0 Å². The Kier molecular flexibility index (Phi) is 4.09. The van der Waals surface area contributed by atoms with E-state index in [1.165, 1.54) is 47.4 Å². The van der Waals surface area contributed by atoms with Gasteiger partial charge in [0.05, 0.1) is 10.6 Å². The lowest BCUT2D eigenvalue weighted by Gasteiger charge is -2.09. The number of hydrogen-bond donors (Lipinski definition) is 0. The number of nitro groups is 1. The molecule has 0 saturated carbocycles. The molecule has 0 spiro atoms. The average molecular weight is 350 g/mol. The fraction of sp³-hybridized carbons (Fsp3) is 0.0667. The van der Waals surface area contributed by atoms with Crippen molar-refractivity contribution in [3.63, 3.8) is 0 Å². The van der Waals surface area contributed by atoms with Crippen LogP contribution in [0.2, 0.25) is 0 Å². The molecule has 0 saturated heterocycles. The largest absolute Gasteiger partial charge is 0.573 e. The number of alkyl halides is 3. The molecular weight excluding hydrogens is 341 g/mol. The fourth-order valence-corrected chi connectivity index (χ4v) is 2.05. The van der Waals surface area contributed by atoms with Gasteiger partial charge in [0.1, 0.15) is 12.1 Å². The first kappa shape index (κ1) is 16.4. The summed E-state index contributed by atoms with van der Waals surface area (Å²) >= 11 is 0. The zero-order valence-electron chi connectivity index (χ0n) is 12.3. The SMILES string of the molecule is O=[N+]([O-])c1ccc(-c2ncn(-c3ccc(OC(F)(F)F)cc3)n2)cc1. The van der Waals surface area contributed by atoms with Gasteiger partial charge < -0.3 is 4.74 Å². The Bertz CT molecular complexity index is 890. The van der Waals surface area contributed by atoms with E-state index >= 15 is 0 Å². The van der Waals surface area contributed by atoms with E-state index in [2.05, 4.69) is 14.8 Å². The van der Waals surface area contributed by atoms with Crippen molar-refractivity contribution in [3.8, 4) is 22.8 Å². The van der Waals surface area contributed by atoms with Crippen LogP contribution in [0, 0.1) is 10.1 Å². The quantitative estimate of drug-likeness (QED) is 0.529. The second kappa shape index (κ2) is 6.23. The molecular formula is C15H9F3N4O3. The highest BCUT2D eigenvalue weighted by Gasteiger charge is 2.30. The minimum Gasteiger partial charge on any atom is -0.406 e. The molecule has 0 fully saturated rings. The Morgan fingerprint density at radius 3 is 2.24 bits per heavy atom. The smallest absolute Gasteiger partial charge is 0.406 e. The van der Waals surface area contributed by atoms with Crippen LogP contribution in [0.3, 0.4) is 0 Å². The Labute approximate surface area is 138 Å². The van der Waals surface area contributed by atoms with Gasteiger partial charge in [-0.2, -0.15) is 0 Å². The molecule has 0 N–H and O–H groups in total. The average Bonchev–Trinajstić information content (AvgIpc) is 3.04. The van der Waals surface area contributed by atoms with Gasteiger partial charge in [-0.05, 0) is 36.4 Å². The molecule has 128 valence electrons. The van der Waals surface area contributed by atoms with Gasteiger partial charge in [0.15, 0.2) is 5.82 Å². The van der Waals surface area contributed by atoms with E-state index in [1.54, 1.807) is 0 Å². The molecule has 1 aromatic heterocycles. The summed E-state index contributed by atoms with van der Waals surface area (Å²) < 4.78 is 41.6. The summed E-state index contributed by atoms with van der Waals surface area (Å²) in [6.07, 6.45) is -3.37. The molecule has 0 unspecified atom stereocenters. The van der Waals surface area contributed by atoms with Crippen molar-refractivity contribution >= 4 is 5.69 Å². The standard InChI is InChI=1S/C15H9F3N4O3/c16-15(17,18)25-13-7-5-11(6-8-13)21-9-19-14(20-21)10-1-3-12(4-2-10)22(23)24/h1-9H. The van der Waals surface area contributed by atoms with Crippen LogP contribution in [-0.2, 0) is 0 Å². The summed E-state index contributed by atoms with van der Waals surface area (Å²) in [4.78, 5) is 14.2. The van der Waals surface area contributed by atoms with Gasteiger partial charge in [0, 0.05) is 17.7 Å². The second-order valence-corrected chi connectivity index (χ2v) is 4.86. The van der Waals surface area contributed by atoms with Crippen molar-refractivity contribution in [2.45, 2.75) is 6.36 Å². The lowest BCUT2D eigenvalue weighted by molar-refractivity contribution is -0.384. The van der Waals surface area contributed by atoms with E-state index in [0.717, 1.165) is 12.1 Å². The summed E-state index contributed by atoms with van der Waals surface area (Å²) in [5, 5.41) is 14.8. The lowest BCUT2D eigenvalue weighted by Crippen LogP contribution is -2.17. The molecule has 0 radical (unpaired) electrons. The lowest BCUT2D eigenvalue weighted by atomic mass is 10.2. The van der Waals surface area contributed by atoms with Crippen LogP contribution in [0.5, 0.6) is 5.75 Å². The van der Waals surface area contributed by atoms with Gasteiger partial charge in [-0.15, -0.1) is 18.3 Å². The third-order valence-electron chi connectivity index (χ3n) is 3.16. The zero-order valence-corrected chi connectivity index (χ0v) is 12.3. The molecule has 0 bridgehead atoms. The van der Waals surface area contributed by atoms with Crippen molar-refractivity contribution < 1.29 is 22.8 Å². The topological polar surface area (TPSA) is 83.1 Å². The van der Waals surface area contributed by atoms with E-state index in [1.807, 2.05) is 0 Å². The van der Waals surface area contributed by atoms with Crippen LogP contribution in [0.25, 0.3) is 17.1 Å². The molecule has 3 aromatic rings. The van der Waals surface area contributed by atoms with E-state index in [-0.39, 0.29) is 11.4 Å². The maximum absolute atomic E-state index is 12.1. The number of aromatic nitrogens is 3. The minimum absolute atomic E-state index is 0.0524. The summed E-state index contributed by atoms with van der Waals surface area (Å²) in [6.45, 7) is 0. The summed E-state index contributed by atoms with van der Waals surface area (Å²) in [6, 6.07) is 10.8. The van der Waals surface area contributed by atoms with Crippen LogP contribution in [-0.4, -0.2) is 26.1 Å². The van der Waals surface area contributed by atoms with Crippen LogP contribution in [0.15, 0.2) is 54.9 Å². The number of ether oxygens (including phenoxy) is 1. The van der Waals surface area contributed by atoms with Gasteiger partial charge in [-0.3, -0.25) is 10.1 Å². The van der Waals surface area contributed by atoms with Gasteiger partial charge in [-0.25, -0.2) is 9.67 Å². The van der Waals surface area contributed by atoms with Crippen molar-refractivity contribution in [2.75, 3.05) is 0 Å². The number of halogens is 3. The molecule has 0 aliphatic carbocycles. The van der Waals surface area contributed by atoms with Gasteiger partial charge >= 0.3 is 6.36 Å². The predicted molar refractivity (Wildman–Crippen MR) is 80.1 cm³/mol. The third-order valence-corrected chi connectivity index (χ3v) is 3.16. The van der Waals surface area contributed by atoms with E-state index in [9.17, 15) is 23.3 Å². The number of rotatable bonds is 4. The molecule has 0 aliphatic heterocycles. The van der Waals surface area contributed by atoms with Crippen LogP contribution < -0.4 is 4.74 Å². The monoisotopic (exact) mass is 350 g/mol. The van der Waals surface area contributed by atoms with Crippen LogP contribution in [0.1, 0.15) is 0 Å². The molecule has 3 rings (SSSR count). The highest BCUT2D eigenvalue weighted by Crippen LogP contribution is 2.24. The molecule has 10 heteroatoms. The third kappa shape index (κ3) is 3.91. The Balaban J connectivity index is 1.80. The minimum atomic E-state index is -4.75. The fourth-order valence-electron chi connectivity index (χ4n) is 2.05. The van der Waals surface area contributed by atoms with Gasteiger partial charge in [0.25, 0.3) is 5.69 Å². The number of benzene rings is 2. The summed E-state index contributed by atoms with van der Waals surface area (Å²) in [7, 11) is 0. The molecule has 0 aliphatic rings. The summed E-state index contributed by atoms with van der Waals surface area (Å²) in [5.41, 5.74) is 1.000. The van der Waals surface area contributed by atoms with Crippen molar-refractivity contribution in [1.82, 2.24) is 14.8 Å². The maximum atomic E-state index is 12.1. The first-order chi connectivity index (χ1) is 11.8. The number of non-ortho nitro benzene ring substituents is 1. The Morgan fingerprint density at radius 1 is 1.04 bits per heavy atom. The number of hydrogen-bond acceptors (Lipinski definition) is 5. The Morgan fingerprint density at radius 2 is 1.68 bits per heavy atom. The number of nitro benzene ring substituents is 1. The molecule has 0 atom stereocenters. The normalized spacial score (nSPS) is 11.3. The first-order valence-corrected chi connectivity index (χ1v) is 6.84. The zero-order chi connectivity index (χ0) is 18.0. The van der Waals surface area contributed by atoms with Crippen molar-refractivity contribution in [1.29, 1.82) is 0 Å². The number of nitrogens with zero attached hydrogens (tertiary/aromatic N) is 4. The molecule has 1 heterocycles. The molecule has 2 aromatic carbocycles. The highest BCUT2D eigenvalue weighted by atomic mass is 19.4. The predicted octanol–water partition coefficient (Wildman–Crippen LogP) is 3.74. The maximum Gasteiger partial charge on any atom is 0.573 e. The van der Waals surface area contributed by atoms with Gasteiger partial charge in [0.2, 0.25) is 0 Å². The molecule has 25 heavy (non-hydrogen) atoms. The van der Waals surface area contributed by atoms with Crippen molar-refractivity contribution in [2.24, 2.45) is 0 Å². The van der Waals surface area contributed by atoms with E-state index < -0.39 is 11.3 Å². The highest BCUT2D eigenvalue weighted by molar-refractivity contribution is 5.57. The Hall–Kier alpha value is -3.43. The van der Waals surface area contributed by atoms with E-state index in [0.29, 0.717) is 17.1 Å². The molecule has 7 nitrogen and oxygen atoms in total. The van der Waals surface area contributed by atoms with Crippen LogP contribution >= 0.6 is 0 Å². The molecule has 0 amide bonds. The van der Waals surface area contributed by atoms with E-state index in [4.69, 9.17) is 0 Å². The van der Waals surface area contributed by atoms with Crippen LogP contribution in [0.4, 0.5) is 18.9 Å². The second-order valence-electron chi connectivity index (χ2n) is 4.86. The first-order valence-electron chi connectivity index (χ1n) is 6.84. The van der Waals surface area contributed by atoms with Crippen molar-refractivity contribution in [3.05, 3.63) is 65.0 Å².